The Balaban J connectivity index is 2.07. The zero-order valence-electron chi connectivity index (χ0n) is 9.33. The minimum Gasteiger partial charge on any atom is -0.381 e. The minimum atomic E-state index is -0.281. The summed E-state index contributed by atoms with van der Waals surface area (Å²) < 4.78 is 18.2. The van der Waals surface area contributed by atoms with Gasteiger partial charge in [-0.15, -0.1) is 0 Å². The zero-order valence-corrected chi connectivity index (χ0v) is 9.33. The van der Waals surface area contributed by atoms with Crippen LogP contribution in [0.15, 0.2) is 18.2 Å². The van der Waals surface area contributed by atoms with E-state index < -0.39 is 0 Å². The van der Waals surface area contributed by atoms with E-state index in [0.29, 0.717) is 19.6 Å². The molecule has 1 fully saturated rings. The van der Waals surface area contributed by atoms with Gasteiger partial charge >= 0.3 is 0 Å². The molecule has 0 saturated carbocycles. The monoisotopic (exact) mass is 222 g/mol. The van der Waals surface area contributed by atoms with Crippen LogP contribution in [0.1, 0.15) is 17.5 Å². The van der Waals surface area contributed by atoms with Gasteiger partial charge in [0.2, 0.25) is 0 Å². The highest BCUT2D eigenvalue weighted by molar-refractivity contribution is 5.83. The Bertz CT molecular complexity index is 395. The number of carbonyl (C=O) groups excluding carboxylic acids is 1. The molecule has 0 aliphatic carbocycles. The van der Waals surface area contributed by atoms with Crippen LogP contribution < -0.4 is 0 Å². The largest absolute Gasteiger partial charge is 0.381 e. The molecule has 1 aliphatic heterocycles. The van der Waals surface area contributed by atoms with E-state index in [0.717, 1.165) is 17.5 Å². The van der Waals surface area contributed by atoms with Crippen molar-refractivity contribution in [2.24, 2.45) is 5.92 Å². The van der Waals surface area contributed by atoms with Crippen molar-refractivity contribution in [3.05, 3.63) is 35.1 Å². The third kappa shape index (κ3) is 2.47. The van der Waals surface area contributed by atoms with Gasteiger partial charge in [0.25, 0.3) is 0 Å². The first kappa shape index (κ1) is 11.3. The quantitative estimate of drug-likeness (QED) is 0.784. The predicted octanol–water partition coefficient (Wildman–Crippen LogP) is 2.28. The molecule has 1 aromatic carbocycles. The molecule has 1 aromatic rings. The van der Waals surface area contributed by atoms with Gasteiger partial charge in [0.05, 0.1) is 6.61 Å². The Hall–Kier alpha value is -1.22. The maximum Gasteiger partial charge on any atom is 0.142 e. The first-order valence-electron chi connectivity index (χ1n) is 5.52. The predicted molar refractivity (Wildman–Crippen MR) is 58.8 cm³/mol. The lowest BCUT2D eigenvalue weighted by Gasteiger charge is -2.08. The van der Waals surface area contributed by atoms with E-state index in [1.54, 1.807) is 6.07 Å². The van der Waals surface area contributed by atoms with E-state index in [4.69, 9.17) is 4.74 Å². The third-order valence-electron chi connectivity index (χ3n) is 3.06. The number of hydrogen-bond acceptors (Lipinski definition) is 2. The van der Waals surface area contributed by atoms with Gasteiger partial charge in [0.15, 0.2) is 0 Å². The van der Waals surface area contributed by atoms with Gasteiger partial charge in [-0.05, 0) is 36.6 Å². The number of Topliss-reactive ketones (excluding diaryl/α,β-unsaturated/α-hetero) is 1. The maximum atomic E-state index is 13.0. The van der Waals surface area contributed by atoms with Crippen molar-refractivity contribution in [3.63, 3.8) is 0 Å². The van der Waals surface area contributed by atoms with Crippen LogP contribution in [0.2, 0.25) is 0 Å². The number of hydrogen-bond donors (Lipinski definition) is 0. The molecule has 1 heterocycles. The molecular weight excluding hydrogens is 207 g/mol. The number of carbonyl (C=O) groups is 1. The molecule has 0 aromatic heterocycles. The smallest absolute Gasteiger partial charge is 0.142 e. The average Bonchev–Trinajstić information content (AvgIpc) is 2.76. The maximum absolute atomic E-state index is 13.0. The minimum absolute atomic E-state index is 0.00247. The summed E-state index contributed by atoms with van der Waals surface area (Å²) in [5, 5.41) is 0. The van der Waals surface area contributed by atoms with Crippen molar-refractivity contribution >= 4 is 5.78 Å². The Kier molecular flexibility index (Phi) is 3.34. The summed E-state index contributed by atoms with van der Waals surface area (Å²) in [7, 11) is 0. The zero-order chi connectivity index (χ0) is 11.5. The van der Waals surface area contributed by atoms with E-state index >= 15 is 0 Å². The molecule has 2 nitrogen and oxygen atoms in total. The van der Waals surface area contributed by atoms with Gasteiger partial charge in [0.1, 0.15) is 11.6 Å². The van der Waals surface area contributed by atoms with E-state index in [1.807, 2.05) is 6.92 Å². The van der Waals surface area contributed by atoms with Gasteiger partial charge in [-0.25, -0.2) is 4.39 Å². The Labute approximate surface area is 94.4 Å². The van der Waals surface area contributed by atoms with Crippen LogP contribution in [-0.4, -0.2) is 19.0 Å². The van der Waals surface area contributed by atoms with Gasteiger partial charge in [-0.1, -0.05) is 6.07 Å². The number of aryl methyl sites for hydroxylation is 1. The Morgan fingerprint density at radius 2 is 2.38 bits per heavy atom. The molecule has 0 bridgehead atoms. The van der Waals surface area contributed by atoms with Crippen molar-refractivity contribution < 1.29 is 13.9 Å². The number of ether oxygens (including phenoxy) is 1. The van der Waals surface area contributed by atoms with Gasteiger partial charge in [-0.3, -0.25) is 4.79 Å². The highest BCUT2D eigenvalue weighted by atomic mass is 19.1. The molecular formula is C13H15FO2. The molecule has 2 rings (SSSR count). The van der Waals surface area contributed by atoms with Crippen molar-refractivity contribution in [2.75, 3.05) is 13.2 Å². The lowest BCUT2D eigenvalue weighted by molar-refractivity contribution is -0.122. The molecule has 86 valence electrons. The average molecular weight is 222 g/mol. The normalized spacial score (nSPS) is 20.0. The lowest BCUT2D eigenvalue weighted by atomic mass is 9.95. The van der Waals surface area contributed by atoms with Crippen LogP contribution in [0.3, 0.4) is 0 Å². The van der Waals surface area contributed by atoms with Gasteiger partial charge in [0, 0.05) is 18.9 Å². The SMILES string of the molecule is Cc1ccc(F)cc1CC(=O)C1CCOC1. The fourth-order valence-corrected chi connectivity index (χ4v) is 1.95. The number of rotatable bonds is 3. The second-order valence-electron chi connectivity index (χ2n) is 4.27. The summed E-state index contributed by atoms with van der Waals surface area (Å²) in [5.74, 6) is -0.120. The molecule has 1 unspecified atom stereocenters. The fourth-order valence-electron chi connectivity index (χ4n) is 1.95. The van der Waals surface area contributed by atoms with Crippen molar-refractivity contribution in [1.29, 1.82) is 0 Å². The second-order valence-corrected chi connectivity index (χ2v) is 4.27. The summed E-state index contributed by atoms with van der Waals surface area (Å²) in [6, 6.07) is 4.58. The lowest BCUT2D eigenvalue weighted by Crippen LogP contribution is -2.17. The number of benzene rings is 1. The molecule has 16 heavy (non-hydrogen) atoms. The van der Waals surface area contributed by atoms with E-state index in [1.165, 1.54) is 12.1 Å². The third-order valence-corrected chi connectivity index (χ3v) is 3.06. The van der Waals surface area contributed by atoms with Crippen LogP contribution in [0, 0.1) is 18.7 Å². The van der Waals surface area contributed by atoms with Crippen molar-refractivity contribution in [3.8, 4) is 0 Å². The van der Waals surface area contributed by atoms with Gasteiger partial charge < -0.3 is 4.74 Å². The van der Waals surface area contributed by atoms with Crippen LogP contribution in [0.25, 0.3) is 0 Å². The molecule has 3 heteroatoms. The summed E-state index contributed by atoms with van der Waals surface area (Å²) in [6.07, 6.45) is 1.12. The summed E-state index contributed by atoms with van der Waals surface area (Å²) >= 11 is 0. The molecule has 0 spiro atoms. The molecule has 1 atom stereocenters. The van der Waals surface area contributed by atoms with Crippen LogP contribution in [0.5, 0.6) is 0 Å². The van der Waals surface area contributed by atoms with Gasteiger partial charge in [-0.2, -0.15) is 0 Å². The van der Waals surface area contributed by atoms with Crippen LogP contribution in [0.4, 0.5) is 4.39 Å². The Morgan fingerprint density at radius 3 is 3.06 bits per heavy atom. The summed E-state index contributed by atoms with van der Waals surface area (Å²) in [5.41, 5.74) is 1.76. The van der Waals surface area contributed by atoms with E-state index in [-0.39, 0.29) is 17.5 Å². The van der Waals surface area contributed by atoms with Crippen molar-refractivity contribution in [2.45, 2.75) is 19.8 Å². The highest BCUT2D eigenvalue weighted by Gasteiger charge is 2.23. The second kappa shape index (κ2) is 4.74. The first-order valence-corrected chi connectivity index (χ1v) is 5.52. The fraction of sp³-hybridized carbons (Fsp3) is 0.462. The Morgan fingerprint density at radius 1 is 1.56 bits per heavy atom. The van der Waals surface area contributed by atoms with Crippen LogP contribution >= 0.6 is 0 Å². The molecule has 0 N–H and O–H groups in total. The van der Waals surface area contributed by atoms with E-state index in [2.05, 4.69) is 0 Å². The summed E-state index contributed by atoms with van der Waals surface area (Å²) in [6.45, 7) is 3.08. The molecule has 0 amide bonds. The highest BCUT2D eigenvalue weighted by Crippen LogP contribution is 2.18. The molecule has 1 aliphatic rings. The molecule has 1 saturated heterocycles. The standard InChI is InChI=1S/C13H15FO2/c1-9-2-3-12(14)6-11(9)7-13(15)10-4-5-16-8-10/h2-3,6,10H,4-5,7-8H2,1H3. The molecule has 0 radical (unpaired) electrons. The number of halogens is 1. The van der Waals surface area contributed by atoms with E-state index in [9.17, 15) is 9.18 Å². The first-order chi connectivity index (χ1) is 7.66. The topological polar surface area (TPSA) is 26.3 Å². The van der Waals surface area contributed by atoms with Crippen LogP contribution in [-0.2, 0) is 16.0 Å². The van der Waals surface area contributed by atoms with Crippen molar-refractivity contribution in [1.82, 2.24) is 0 Å². The summed E-state index contributed by atoms with van der Waals surface area (Å²) in [4.78, 5) is 11.9. The number of ketones is 1.